The van der Waals surface area contributed by atoms with E-state index in [4.69, 9.17) is 22.1 Å². The predicted octanol–water partition coefficient (Wildman–Crippen LogP) is 1.44. The number of nitrogens with zero attached hydrogens (tertiary/aromatic N) is 5. The van der Waals surface area contributed by atoms with Gasteiger partial charge in [0.25, 0.3) is 5.91 Å². The number of rotatable bonds is 4. The molecule has 0 aliphatic carbocycles. The van der Waals surface area contributed by atoms with Crippen molar-refractivity contribution in [2.75, 3.05) is 67.2 Å². The molecule has 0 spiro atoms. The number of carbonyl (C=O) groups excluding carboxylic acids is 1. The Labute approximate surface area is 189 Å². The van der Waals surface area contributed by atoms with Crippen molar-refractivity contribution in [2.24, 2.45) is 0 Å². The van der Waals surface area contributed by atoms with Gasteiger partial charge in [0.1, 0.15) is 17.6 Å². The largest absolute Gasteiger partial charge is 0.381 e. The molecule has 5 heterocycles. The Kier molecular flexibility index (Phi) is 5.78. The lowest BCUT2D eigenvalue weighted by Gasteiger charge is -2.39. The Hall–Kier alpha value is -2.63. The number of carbonyl (C=O) groups is 1. The number of nitrogens with one attached hydrogen (secondary N) is 2. The first kappa shape index (κ1) is 21.2. The lowest BCUT2D eigenvalue weighted by molar-refractivity contribution is 0.102. The van der Waals surface area contributed by atoms with E-state index in [9.17, 15) is 9.18 Å². The molecule has 0 bridgehead atoms. The molecule has 2 aromatic heterocycles. The maximum atomic E-state index is 13.7. The van der Waals surface area contributed by atoms with E-state index in [1.165, 1.54) is 4.68 Å². The van der Waals surface area contributed by atoms with E-state index >= 15 is 0 Å². The lowest BCUT2D eigenvalue weighted by atomic mass is 10.1. The second-order valence-corrected chi connectivity index (χ2v) is 8.69. The standard InChI is InChI=1S/C20H26ClFN8O2/c21-14-8-24-9-15(17(14)29-4-2-28(3-5-29)13-1-6-32-11-13)26-20(31)16-18(23)27-30-10-12(22)7-25-19(16)30/h8-9,12-13,25H,1-7,10-11H2,(H2,23,27)(H,26,31). The SMILES string of the molecule is Nc1nn2c(c1C(=O)Nc1cncc(Cl)c1N1CCN(C3CCOC3)CC1)NCC(F)C2. The molecule has 2 unspecified atom stereocenters. The summed E-state index contributed by atoms with van der Waals surface area (Å²) in [5, 5.41) is 10.4. The van der Waals surface area contributed by atoms with Gasteiger partial charge in [0, 0.05) is 51.6 Å². The minimum atomic E-state index is -1.09. The van der Waals surface area contributed by atoms with Crippen molar-refractivity contribution in [3.05, 3.63) is 23.0 Å². The molecule has 10 nitrogen and oxygen atoms in total. The highest BCUT2D eigenvalue weighted by Gasteiger charge is 2.31. The fraction of sp³-hybridized carbons (Fsp3) is 0.550. The number of amides is 1. The fourth-order valence-corrected chi connectivity index (χ4v) is 4.90. The van der Waals surface area contributed by atoms with Crippen LogP contribution in [0, 0.1) is 0 Å². The zero-order valence-electron chi connectivity index (χ0n) is 17.6. The van der Waals surface area contributed by atoms with Gasteiger partial charge < -0.3 is 26.0 Å². The molecule has 3 aliphatic heterocycles. The average molecular weight is 465 g/mol. The van der Waals surface area contributed by atoms with Crippen LogP contribution in [0.25, 0.3) is 0 Å². The summed E-state index contributed by atoms with van der Waals surface area (Å²) in [5.74, 6) is 0.0153. The van der Waals surface area contributed by atoms with E-state index in [-0.39, 0.29) is 24.5 Å². The van der Waals surface area contributed by atoms with Gasteiger partial charge in [-0.1, -0.05) is 11.6 Å². The third kappa shape index (κ3) is 3.96. The molecule has 4 N–H and O–H groups in total. The Morgan fingerprint density at radius 1 is 1.31 bits per heavy atom. The molecule has 2 fully saturated rings. The van der Waals surface area contributed by atoms with Crippen molar-refractivity contribution in [1.82, 2.24) is 19.7 Å². The van der Waals surface area contributed by atoms with Crippen LogP contribution in [0.4, 0.5) is 27.4 Å². The number of nitrogen functional groups attached to an aromatic ring is 1. The number of halogens is 2. The van der Waals surface area contributed by atoms with Crippen LogP contribution >= 0.6 is 11.6 Å². The van der Waals surface area contributed by atoms with Crippen LogP contribution < -0.4 is 21.3 Å². The van der Waals surface area contributed by atoms with Crippen LogP contribution in [0.1, 0.15) is 16.8 Å². The number of hydrogen-bond donors (Lipinski definition) is 3. The van der Waals surface area contributed by atoms with Gasteiger partial charge >= 0.3 is 0 Å². The Bertz CT molecular complexity index is 1000. The summed E-state index contributed by atoms with van der Waals surface area (Å²) >= 11 is 6.51. The van der Waals surface area contributed by atoms with Gasteiger partial charge in [-0.3, -0.25) is 14.7 Å². The first-order valence-corrected chi connectivity index (χ1v) is 11.1. The van der Waals surface area contributed by atoms with Gasteiger partial charge in [0.15, 0.2) is 5.82 Å². The molecule has 172 valence electrons. The van der Waals surface area contributed by atoms with Crippen LogP contribution in [0.5, 0.6) is 0 Å². The van der Waals surface area contributed by atoms with E-state index in [2.05, 4.69) is 30.5 Å². The quantitative estimate of drug-likeness (QED) is 0.623. The van der Waals surface area contributed by atoms with Crippen molar-refractivity contribution in [3.63, 3.8) is 0 Å². The topological polar surface area (TPSA) is 114 Å². The van der Waals surface area contributed by atoms with Crippen molar-refractivity contribution in [1.29, 1.82) is 0 Å². The Morgan fingerprint density at radius 3 is 2.88 bits per heavy atom. The summed E-state index contributed by atoms with van der Waals surface area (Å²) in [6, 6.07) is 0.470. The molecule has 2 saturated heterocycles. The van der Waals surface area contributed by atoms with Crippen molar-refractivity contribution >= 4 is 40.5 Å². The van der Waals surface area contributed by atoms with Gasteiger partial charge in [-0.15, -0.1) is 0 Å². The molecule has 12 heteroatoms. The van der Waals surface area contributed by atoms with Crippen LogP contribution in [0.3, 0.4) is 0 Å². The third-order valence-corrected chi connectivity index (χ3v) is 6.52. The maximum Gasteiger partial charge on any atom is 0.263 e. The summed E-state index contributed by atoms with van der Waals surface area (Å²) in [5.41, 5.74) is 7.40. The average Bonchev–Trinajstić information content (AvgIpc) is 3.41. The van der Waals surface area contributed by atoms with E-state index in [1.807, 2.05) is 0 Å². The Balaban J connectivity index is 1.35. The van der Waals surface area contributed by atoms with Crippen molar-refractivity contribution in [2.45, 2.75) is 25.2 Å². The van der Waals surface area contributed by atoms with Crippen LogP contribution in [0.2, 0.25) is 5.02 Å². The highest BCUT2D eigenvalue weighted by atomic mass is 35.5. The van der Waals surface area contributed by atoms with Crippen LogP contribution in [-0.2, 0) is 11.3 Å². The smallest absolute Gasteiger partial charge is 0.263 e. The number of piperazine rings is 1. The molecule has 5 rings (SSSR count). The molecule has 2 atom stereocenters. The second kappa shape index (κ2) is 8.72. The fourth-order valence-electron chi connectivity index (χ4n) is 4.62. The molecule has 3 aliphatic rings. The van der Waals surface area contributed by atoms with Gasteiger partial charge in [-0.05, 0) is 6.42 Å². The Morgan fingerprint density at radius 2 is 2.12 bits per heavy atom. The molecule has 0 radical (unpaired) electrons. The number of anilines is 4. The number of ether oxygens (including phenoxy) is 1. The molecular formula is C20H26ClFN8O2. The van der Waals surface area contributed by atoms with E-state index < -0.39 is 12.1 Å². The summed E-state index contributed by atoms with van der Waals surface area (Å²) in [6.07, 6.45) is 3.12. The minimum absolute atomic E-state index is 0.0445. The zero-order valence-corrected chi connectivity index (χ0v) is 18.3. The summed E-state index contributed by atoms with van der Waals surface area (Å²) in [6.45, 7) is 5.08. The van der Waals surface area contributed by atoms with Gasteiger partial charge in [0.05, 0.1) is 35.7 Å². The first-order valence-electron chi connectivity index (χ1n) is 10.8. The monoisotopic (exact) mass is 464 g/mol. The highest BCUT2D eigenvalue weighted by Crippen LogP contribution is 2.35. The number of alkyl halides is 1. The normalized spacial score (nSPS) is 23.6. The summed E-state index contributed by atoms with van der Waals surface area (Å²) in [4.78, 5) is 21.9. The highest BCUT2D eigenvalue weighted by molar-refractivity contribution is 6.34. The predicted molar refractivity (Wildman–Crippen MR) is 120 cm³/mol. The number of aromatic nitrogens is 3. The summed E-state index contributed by atoms with van der Waals surface area (Å²) in [7, 11) is 0. The minimum Gasteiger partial charge on any atom is -0.381 e. The second-order valence-electron chi connectivity index (χ2n) is 8.28. The van der Waals surface area contributed by atoms with Gasteiger partial charge in [0.2, 0.25) is 0 Å². The number of nitrogens with two attached hydrogens (primary N) is 1. The van der Waals surface area contributed by atoms with Gasteiger partial charge in [-0.25, -0.2) is 9.07 Å². The maximum absolute atomic E-state index is 13.7. The number of pyridine rings is 1. The zero-order chi connectivity index (χ0) is 22.2. The molecule has 2 aromatic rings. The molecule has 0 aromatic carbocycles. The molecule has 0 saturated carbocycles. The van der Waals surface area contributed by atoms with Crippen LogP contribution in [0.15, 0.2) is 12.4 Å². The third-order valence-electron chi connectivity index (χ3n) is 6.24. The van der Waals surface area contributed by atoms with Crippen molar-refractivity contribution in [3.8, 4) is 0 Å². The number of fused-ring (bicyclic) bond motifs is 1. The number of hydrogen-bond acceptors (Lipinski definition) is 8. The first-order chi connectivity index (χ1) is 15.5. The molecule has 32 heavy (non-hydrogen) atoms. The molecule has 1 amide bonds. The van der Waals surface area contributed by atoms with Crippen LogP contribution in [-0.4, -0.2) is 83.7 Å². The summed E-state index contributed by atoms with van der Waals surface area (Å²) < 4.78 is 20.6. The van der Waals surface area contributed by atoms with Crippen molar-refractivity contribution < 1.29 is 13.9 Å². The molecular weight excluding hydrogens is 439 g/mol. The van der Waals surface area contributed by atoms with E-state index in [0.717, 1.165) is 51.5 Å². The lowest BCUT2D eigenvalue weighted by Crippen LogP contribution is -2.50. The van der Waals surface area contributed by atoms with E-state index in [0.29, 0.717) is 22.6 Å². The van der Waals surface area contributed by atoms with E-state index in [1.54, 1.807) is 12.4 Å². The van der Waals surface area contributed by atoms with Gasteiger partial charge in [-0.2, -0.15) is 5.10 Å².